The van der Waals surface area contributed by atoms with Gasteiger partial charge in [-0.2, -0.15) is 0 Å². The molecule has 3 rings (SSSR count). The average molecular weight is 187 g/mol. The second-order valence-corrected chi connectivity index (χ2v) is 4.42. The van der Waals surface area contributed by atoms with Crippen molar-refractivity contribution in [3.8, 4) is 0 Å². The first kappa shape index (κ1) is 8.04. The number of hydrogen-bond donors (Lipinski definition) is 1. The molecule has 0 radical (unpaired) electrons. The minimum absolute atomic E-state index is 0.278. The molecule has 72 valence electrons. The van der Waals surface area contributed by atoms with E-state index in [1.807, 2.05) is 0 Å². The van der Waals surface area contributed by atoms with Gasteiger partial charge in [0, 0.05) is 27.7 Å². The second kappa shape index (κ2) is 2.59. The van der Waals surface area contributed by atoms with Crippen LogP contribution in [0.4, 0.5) is 0 Å². The maximum atomic E-state index is 10.8. The third-order valence-corrected chi connectivity index (χ3v) is 3.51. The number of aromatic amines is 1. The Balaban J connectivity index is 2.21. The van der Waals surface area contributed by atoms with E-state index in [4.69, 9.17) is 0 Å². The van der Waals surface area contributed by atoms with Crippen molar-refractivity contribution < 1.29 is 4.79 Å². The minimum Gasteiger partial charge on any atom is -0.361 e. The summed E-state index contributed by atoms with van der Waals surface area (Å²) in [6.07, 6.45) is 12.4. The summed E-state index contributed by atoms with van der Waals surface area (Å²) >= 11 is 0. The Morgan fingerprint density at radius 1 is 1.29 bits per heavy atom. The molecule has 0 bridgehead atoms. The highest BCUT2D eigenvalue weighted by atomic mass is 16.1. The molecule has 2 nitrogen and oxygen atoms in total. The molecular weight excluding hydrogens is 174 g/mol. The highest BCUT2D eigenvalue weighted by Gasteiger charge is 2.32. The van der Waals surface area contributed by atoms with Gasteiger partial charge in [-0.3, -0.25) is 4.79 Å². The molecule has 2 aliphatic carbocycles. The second-order valence-electron chi connectivity index (χ2n) is 4.42. The standard InChI is InChI=1S/C12H13NO/c14-8-9-7-13-11-6-12(5-10(9)11)3-1-2-4-12/h5-8,13H,1-4H2. The Labute approximate surface area is 82.3 Å². The van der Waals surface area contributed by atoms with Crippen molar-refractivity contribution >= 4 is 18.4 Å². The largest absolute Gasteiger partial charge is 0.361 e. The lowest BCUT2D eigenvalue weighted by atomic mass is 9.88. The van der Waals surface area contributed by atoms with Crippen molar-refractivity contribution in [2.45, 2.75) is 25.7 Å². The molecule has 1 aromatic heterocycles. The molecule has 14 heavy (non-hydrogen) atoms. The third-order valence-electron chi connectivity index (χ3n) is 3.51. The molecule has 1 fully saturated rings. The summed E-state index contributed by atoms with van der Waals surface area (Å²) in [6, 6.07) is 0. The number of hydrogen-bond acceptors (Lipinski definition) is 1. The Morgan fingerprint density at radius 3 is 2.79 bits per heavy atom. The van der Waals surface area contributed by atoms with Crippen LogP contribution in [0.15, 0.2) is 6.20 Å². The van der Waals surface area contributed by atoms with E-state index in [1.54, 1.807) is 6.20 Å². The predicted octanol–water partition coefficient (Wildman–Crippen LogP) is 0.962. The van der Waals surface area contributed by atoms with Gasteiger partial charge in [-0.25, -0.2) is 0 Å². The van der Waals surface area contributed by atoms with E-state index < -0.39 is 0 Å². The number of carbonyl (C=O) groups excluding carboxylic acids is 1. The lowest BCUT2D eigenvalue weighted by Gasteiger charge is -2.16. The summed E-state index contributed by atoms with van der Waals surface area (Å²) in [6.45, 7) is 0. The number of fused-ring (bicyclic) bond motifs is 1. The van der Waals surface area contributed by atoms with E-state index in [0.29, 0.717) is 0 Å². The fraction of sp³-hybridized carbons (Fsp3) is 0.417. The SMILES string of the molecule is O=Cc1c[nH]c2c1=CC1(C=2)CCCC1. The lowest BCUT2D eigenvalue weighted by molar-refractivity contribution is 0.112. The van der Waals surface area contributed by atoms with E-state index >= 15 is 0 Å². The van der Waals surface area contributed by atoms with Gasteiger partial charge in [-0.15, -0.1) is 0 Å². The Hall–Kier alpha value is -1.31. The highest BCUT2D eigenvalue weighted by molar-refractivity contribution is 5.77. The number of aromatic nitrogens is 1. The molecule has 0 aliphatic heterocycles. The van der Waals surface area contributed by atoms with Crippen LogP contribution in [0.2, 0.25) is 0 Å². The minimum atomic E-state index is 0.278. The number of nitrogens with one attached hydrogen (secondary N) is 1. The molecule has 1 N–H and O–H groups in total. The molecule has 0 amide bonds. The molecule has 0 unspecified atom stereocenters. The zero-order valence-corrected chi connectivity index (χ0v) is 8.05. The van der Waals surface area contributed by atoms with Gasteiger partial charge in [0.25, 0.3) is 0 Å². The monoisotopic (exact) mass is 187 g/mol. The van der Waals surface area contributed by atoms with Crippen LogP contribution in [-0.4, -0.2) is 11.3 Å². The van der Waals surface area contributed by atoms with E-state index in [9.17, 15) is 4.79 Å². The summed E-state index contributed by atoms with van der Waals surface area (Å²) < 4.78 is 0. The van der Waals surface area contributed by atoms with Gasteiger partial charge in [0.2, 0.25) is 0 Å². The molecule has 1 spiro atoms. The van der Waals surface area contributed by atoms with Gasteiger partial charge in [-0.05, 0) is 12.8 Å². The van der Waals surface area contributed by atoms with Gasteiger partial charge in [0.05, 0.1) is 0 Å². The quantitative estimate of drug-likeness (QED) is 0.653. The maximum Gasteiger partial charge on any atom is 0.152 e. The van der Waals surface area contributed by atoms with Crippen LogP contribution in [0.5, 0.6) is 0 Å². The zero-order chi connectivity index (χ0) is 9.60. The highest BCUT2D eigenvalue weighted by Crippen LogP contribution is 2.42. The maximum absolute atomic E-state index is 10.8. The van der Waals surface area contributed by atoms with E-state index in [2.05, 4.69) is 17.1 Å². The number of rotatable bonds is 1. The molecule has 1 aromatic rings. The van der Waals surface area contributed by atoms with Crippen LogP contribution in [0.25, 0.3) is 12.2 Å². The molecule has 1 heterocycles. The fourth-order valence-corrected chi connectivity index (χ4v) is 2.78. The summed E-state index contributed by atoms with van der Waals surface area (Å²) in [5, 5.41) is 2.27. The number of aldehydes is 1. The van der Waals surface area contributed by atoms with Crippen molar-refractivity contribution in [2.24, 2.45) is 5.41 Å². The summed E-state index contributed by atoms with van der Waals surface area (Å²) in [5.41, 5.74) is 1.08. The van der Waals surface area contributed by atoms with Gasteiger partial charge in [-0.1, -0.05) is 25.0 Å². The first-order valence-electron chi connectivity index (χ1n) is 5.21. The zero-order valence-electron chi connectivity index (χ0n) is 8.05. The van der Waals surface area contributed by atoms with Crippen molar-refractivity contribution in [1.82, 2.24) is 4.98 Å². The van der Waals surface area contributed by atoms with E-state index in [-0.39, 0.29) is 5.41 Å². The Kier molecular flexibility index (Phi) is 1.49. The van der Waals surface area contributed by atoms with E-state index in [0.717, 1.165) is 22.4 Å². The van der Waals surface area contributed by atoms with Gasteiger partial charge >= 0.3 is 0 Å². The topological polar surface area (TPSA) is 32.9 Å². The first-order valence-corrected chi connectivity index (χ1v) is 5.21. The van der Waals surface area contributed by atoms with Crippen LogP contribution >= 0.6 is 0 Å². The smallest absolute Gasteiger partial charge is 0.152 e. The average Bonchev–Trinajstić information content (AvgIpc) is 2.83. The number of H-pyrrole nitrogens is 1. The molecule has 2 heteroatoms. The molecule has 0 atom stereocenters. The lowest BCUT2D eigenvalue weighted by Crippen LogP contribution is -2.20. The Bertz CT molecular complexity index is 489. The molecule has 2 aliphatic rings. The van der Waals surface area contributed by atoms with Crippen LogP contribution in [-0.2, 0) is 0 Å². The van der Waals surface area contributed by atoms with Gasteiger partial charge in [0.15, 0.2) is 6.29 Å². The van der Waals surface area contributed by atoms with Crippen molar-refractivity contribution in [3.63, 3.8) is 0 Å². The van der Waals surface area contributed by atoms with Crippen molar-refractivity contribution in [1.29, 1.82) is 0 Å². The summed E-state index contributed by atoms with van der Waals surface area (Å²) in [4.78, 5) is 13.9. The molecule has 0 saturated heterocycles. The summed E-state index contributed by atoms with van der Waals surface area (Å²) in [5.74, 6) is 0. The van der Waals surface area contributed by atoms with Gasteiger partial charge < -0.3 is 4.98 Å². The normalized spacial score (nSPS) is 21.7. The summed E-state index contributed by atoms with van der Waals surface area (Å²) in [7, 11) is 0. The van der Waals surface area contributed by atoms with Crippen LogP contribution in [0, 0.1) is 5.41 Å². The molecular formula is C12H13NO. The van der Waals surface area contributed by atoms with Crippen molar-refractivity contribution in [2.75, 3.05) is 0 Å². The number of carbonyl (C=O) groups is 1. The van der Waals surface area contributed by atoms with Crippen LogP contribution < -0.4 is 10.6 Å². The van der Waals surface area contributed by atoms with Crippen molar-refractivity contribution in [3.05, 3.63) is 22.3 Å². The molecule has 1 saturated carbocycles. The van der Waals surface area contributed by atoms with E-state index in [1.165, 1.54) is 25.7 Å². The van der Waals surface area contributed by atoms with Gasteiger partial charge in [0.1, 0.15) is 0 Å². The Morgan fingerprint density at radius 2 is 2.07 bits per heavy atom. The van der Waals surface area contributed by atoms with Crippen LogP contribution in [0.3, 0.4) is 0 Å². The van der Waals surface area contributed by atoms with Crippen LogP contribution in [0.1, 0.15) is 36.0 Å². The molecule has 0 aromatic carbocycles. The third kappa shape index (κ3) is 0.939. The first-order chi connectivity index (χ1) is 6.83. The fourth-order valence-electron chi connectivity index (χ4n) is 2.78. The predicted molar refractivity (Wildman–Crippen MR) is 55.3 cm³/mol.